The van der Waals surface area contributed by atoms with Crippen molar-refractivity contribution in [2.45, 2.75) is 19.8 Å². The third-order valence-electron chi connectivity index (χ3n) is 4.84. The van der Waals surface area contributed by atoms with E-state index in [9.17, 15) is 4.79 Å². The molecule has 1 N–H and O–H groups in total. The fraction of sp³-hybridized carbons (Fsp3) is 0.286. The Morgan fingerprint density at radius 3 is 2.71 bits per heavy atom. The normalized spacial score (nSPS) is 13.6. The second-order valence-corrected chi connectivity index (χ2v) is 7.63. The molecule has 0 radical (unpaired) electrons. The van der Waals surface area contributed by atoms with E-state index in [0.717, 1.165) is 46.5 Å². The number of anilines is 2. The van der Waals surface area contributed by atoms with Crippen LogP contribution in [0.1, 0.15) is 28.9 Å². The number of carbonyl (C=O) groups excluding carboxylic acids is 1. The number of rotatable bonds is 5. The number of thiazole rings is 1. The van der Waals surface area contributed by atoms with E-state index in [0.29, 0.717) is 5.69 Å². The van der Waals surface area contributed by atoms with Crippen LogP contribution in [0.25, 0.3) is 10.6 Å². The monoisotopic (exact) mass is 394 g/mol. The molecule has 4 rings (SSSR count). The predicted molar refractivity (Wildman–Crippen MR) is 112 cm³/mol. The number of hydrogen-bond donors (Lipinski definition) is 1. The molecule has 0 atom stereocenters. The van der Waals surface area contributed by atoms with E-state index in [1.165, 1.54) is 24.2 Å². The van der Waals surface area contributed by atoms with Gasteiger partial charge in [-0.15, -0.1) is 11.3 Å². The lowest BCUT2D eigenvalue weighted by atomic mass is 10.2. The maximum absolute atomic E-state index is 12.6. The minimum atomic E-state index is -0.225. The molecule has 0 bridgehead atoms. The zero-order chi connectivity index (χ0) is 19.5. The number of methoxy groups -OCH3 is 1. The van der Waals surface area contributed by atoms with Crippen LogP contribution in [0.5, 0.6) is 5.75 Å². The highest BCUT2D eigenvalue weighted by molar-refractivity contribution is 7.13. The summed E-state index contributed by atoms with van der Waals surface area (Å²) in [6.45, 7) is 4.07. The summed E-state index contributed by atoms with van der Waals surface area (Å²) in [6, 6.07) is 9.59. The van der Waals surface area contributed by atoms with Crippen molar-refractivity contribution in [1.82, 2.24) is 9.97 Å². The summed E-state index contributed by atoms with van der Waals surface area (Å²) in [5.74, 6) is 1.54. The number of carbonyl (C=O) groups is 1. The number of amides is 1. The Balaban J connectivity index is 1.47. The van der Waals surface area contributed by atoms with Crippen molar-refractivity contribution in [2.24, 2.45) is 0 Å². The van der Waals surface area contributed by atoms with Crippen LogP contribution in [0.3, 0.4) is 0 Å². The third-order valence-corrected chi connectivity index (χ3v) is 5.73. The highest BCUT2D eigenvalue weighted by Gasteiger charge is 2.16. The first-order chi connectivity index (χ1) is 13.6. The van der Waals surface area contributed by atoms with Gasteiger partial charge in [0.25, 0.3) is 5.91 Å². The molecule has 3 heterocycles. The van der Waals surface area contributed by atoms with Crippen molar-refractivity contribution in [3.8, 4) is 16.3 Å². The number of pyridine rings is 1. The Kier molecular flexibility index (Phi) is 5.25. The summed E-state index contributed by atoms with van der Waals surface area (Å²) in [5, 5.41) is 5.48. The molecule has 1 fully saturated rings. The number of aryl methyl sites for hydroxylation is 1. The van der Waals surface area contributed by atoms with E-state index in [1.54, 1.807) is 12.5 Å². The second-order valence-electron chi connectivity index (χ2n) is 6.77. The average Bonchev–Trinajstić information content (AvgIpc) is 3.42. The molecule has 0 spiro atoms. The number of nitrogens with one attached hydrogen (secondary N) is 1. The number of nitrogens with zero attached hydrogens (tertiary/aromatic N) is 3. The number of aromatic nitrogens is 2. The van der Waals surface area contributed by atoms with Gasteiger partial charge in [0.2, 0.25) is 0 Å². The Bertz CT molecular complexity index is 978. The van der Waals surface area contributed by atoms with Crippen molar-refractivity contribution in [2.75, 3.05) is 30.4 Å². The first kappa shape index (κ1) is 18.4. The first-order valence-electron chi connectivity index (χ1n) is 9.27. The molecule has 6 nitrogen and oxygen atoms in total. The fourth-order valence-electron chi connectivity index (χ4n) is 3.25. The molecule has 0 aliphatic carbocycles. The predicted octanol–water partition coefficient (Wildman–Crippen LogP) is 4.37. The van der Waals surface area contributed by atoms with Gasteiger partial charge in [-0.1, -0.05) is 0 Å². The van der Waals surface area contributed by atoms with E-state index in [1.807, 2.05) is 43.5 Å². The highest BCUT2D eigenvalue weighted by Crippen LogP contribution is 2.27. The SMILES string of the molecule is COc1ccc(NC(=O)c2csc(-c3ccc(N4CCCC4)nc3)n2)c(C)c1. The highest BCUT2D eigenvalue weighted by atomic mass is 32.1. The van der Waals surface area contributed by atoms with Gasteiger partial charge in [-0.05, 0) is 55.7 Å². The Hall–Kier alpha value is -2.93. The van der Waals surface area contributed by atoms with Crippen LogP contribution >= 0.6 is 11.3 Å². The molecule has 1 amide bonds. The number of hydrogen-bond acceptors (Lipinski definition) is 6. The molecular formula is C21H22N4O2S. The summed E-state index contributed by atoms with van der Waals surface area (Å²) >= 11 is 1.44. The molecule has 1 aliphatic heterocycles. The zero-order valence-corrected chi connectivity index (χ0v) is 16.8. The smallest absolute Gasteiger partial charge is 0.275 e. The first-order valence-corrected chi connectivity index (χ1v) is 10.1. The molecular weight excluding hydrogens is 372 g/mol. The molecule has 1 aliphatic rings. The standard InChI is InChI=1S/C21H22N4O2S/c1-14-11-16(27-2)6-7-17(14)23-20(26)18-13-28-21(24-18)15-5-8-19(22-12-15)25-9-3-4-10-25/h5-8,11-13H,3-4,9-10H2,1-2H3,(H,23,26). The third kappa shape index (κ3) is 3.84. The average molecular weight is 395 g/mol. The molecule has 28 heavy (non-hydrogen) atoms. The summed E-state index contributed by atoms with van der Waals surface area (Å²) in [6.07, 6.45) is 4.28. The molecule has 144 valence electrons. The van der Waals surface area contributed by atoms with Gasteiger partial charge in [0.15, 0.2) is 0 Å². The van der Waals surface area contributed by atoms with E-state index in [4.69, 9.17) is 4.74 Å². The quantitative estimate of drug-likeness (QED) is 0.696. The van der Waals surface area contributed by atoms with E-state index < -0.39 is 0 Å². The van der Waals surface area contributed by atoms with Gasteiger partial charge in [-0.25, -0.2) is 9.97 Å². The second kappa shape index (κ2) is 7.98. The maximum atomic E-state index is 12.6. The van der Waals surface area contributed by atoms with Crippen LogP contribution < -0.4 is 15.0 Å². The molecule has 1 saturated heterocycles. The minimum absolute atomic E-state index is 0.225. The lowest BCUT2D eigenvalue weighted by Gasteiger charge is -2.15. The molecule has 3 aromatic rings. The van der Waals surface area contributed by atoms with Gasteiger partial charge >= 0.3 is 0 Å². The van der Waals surface area contributed by atoms with Gasteiger partial charge in [-0.3, -0.25) is 4.79 Å². The van der Waals surface area contributed by atoms with E-state index >= 15 is 0 Å². The molecule has 1 aromatic carbocycles. The van der Waals surface area contributed by atoms with E-state index in [2.05, 4.69) is 20.2 Å². The van der Waals surface area contributed by atoms with Crippen LogP contribution in [0.2, 0.25) is 0 Å². The van der Waals surface area contributed by atoms with Crippen molar-refractivity contribution in [3.05, 3.63) is 53.2 Å². The van der Waals surface area contributed by atoms with Gasteiger partial charge in [-0.2, -0.15) is 0 Å². The molecule has 7 heteroatoms. The summed E-state index contributed by atoms with van der Waals surface area (Å²) in [7, 11) is 1.62. The van der Waals surface area contributed by atoms with Gasteiger partial charge in [0.1, 0.15) is 22.3 Å². The van der Waals surface area contributed by atoms with Crippen LogP contribution in [-0.2, 0) is 0 Å². The Morgan fingerprint density at radius 2 is 2.04 bits per heavy atom. The molecule has 0 saturated carbocycles. The van der Waals surface area contributed by atoms with Crippen LogP contribution in [0.4, 0.5) is 11.5 Å². The van der Waals surface area contributed by atoms with Crippen molar-refractivity contribution in [1.29, 1.82) is 0 Å². The summed E-state index contributed by atoms with van der Waals surface area (Å²) < 4.78 is 5.20. The minimum Gasteiger partial charge on any atom is -0.497 e. The number of ether oxygens (including phenoxy) is 1. The summed E-state index contributed by atoms with van der Waals surface area (Å²) in [4.78, 5) is 23.9. The molecule has 2 aromatic heterocycles. The van der Waals surface area contributed by atoms with Crippen LogP contribution in [0, 0.1) is 6.92 Å². The van der Waals surface area contributed by atoms with Gasteiger partial charge in [0, 0.05) is 35.9 Å². The Morgan fingerprint density at radius 1 is 1.21 bits per heavy atom. The maximum Gasteiger partial charge on any atom is 0.275 e. The topological polar surface area (TPSA) is 67.3 Å². The van der Waals surface area contributed by atoms with Gasteiger partial charge in [0.05, 0.1) is 7.11 Å². The lowest BCUT2D eigenvalue weighted by molar-refractivity contribution is 0.102. The Labute approximate surface area is 168 Å². The zero-order valence-electron chi connectivity index (χ0n) is 15.9. The molecule has 0 unspecified atom stereocenters. The van der Waals surface area contributed by atoms with Gasteiger partial charge < -0.3 is 15.0 Å². The van der Waals surface area contributed by atoms with E-state index in [-0.39, 0.29) is 5.91 Å². The lowest BCUT2D eigenvalue weighted by Crippen LogP contribution is -2.18. The fourth-order valence-corrected chi connectivity index (χ4v) is 4.04. The van der Waals surface area contributed by atoms with Crippen molar-refractivity contribution >= 4 is 28.7 Å². The van der Waals surface area contributed by atoms with Crippen molar-refractivity contribution in [3.63, 3.8) is 0 Å². The largest absolute Gasteiger partial charge is 0.497 e. The number of benzene rings is 1. The van der Waals surface area contributed by atoms with Crippen molar-refractivity contribution < 1.29 is 9.53 Å². The van der Waals surface area contributed by atoms with Crippen LogP contribution in [-0.4, -0.2) is 36.1 Å². The van der Waals surface area contributed by atoms with Crippen LogP contribution in [0.15, 0.2) is 41.9 Å². The summed E-state index contributed by atoms with van der Waals surface area (Å²) in [5.41, 5.74) is 3.01.